The summed E-state index contributed by atoms with van der Waals surface area (Å²) in [6.45, 7) is 3.85. The van der Waals surface area contributed by atoms with E-state index in [1.165, 1.54) is 0 Å². The van der Waals surface area contributed by atoms with Gasteiger partial charge in [-0.2, -0.15) is 0 Å². The van der Waals surface area contributed by atoms with Gasteiger partial charge in [0, 0.05) is 29.0 Å². The molecule has 0 saturated carbocycles. The van der Waals surface area contributed by atoms with Crippen molar-refractivity contribution >= 4 is 33.7 Å². The van der Waals surface area contributed by atoms with Crippen molar-refractivity contribution in [3.8, 4) is 0 Å². The Hall–Kier alpha value is -1.89. The minimum absolute atomic E-state index is 0.0367. The minimum atomic E-state index is -0.282. The summed E-state index contributed by atoms with van der Waals surface area (Å²) in [5, 5.41) is 7.83. The van der Waals surface area contributed by atoms with E-state index < -0.39 is 0 Å². The third kappa shape index (κ3) is 7.21. The van der Waals surface area contributed by atoms with Crippen molar-refractivity contribution < 1.29 is 14.4 Å². The quantitative estimate of drug-likeness (QED) is 0.674. The number of amides is 3. The van der Waals surface area contributed by atoms with Crippen molar-refractivity contribution in [1.29, 1.82) is 0 Å². The van der Waals surface area contributed by atoms with Crippen LogP contribution < -0.4 is 16.0 Å². The van der Waals surface area contributed by atoms with Gasteiger partial charge in [-0.3, -0.25) is 14.4 Å². The second-order valence-corrected chi connectivity index (χ2v) is 5.93. The predicted octanol–water partition coefficient (Wildman–Crippen LogP) is 1.21. The molecule has 0 aliphatic carbocycles. The topological polar surface area (TPSA) is 87.3 Å². The largest absolute Gasteiger partial charge is 0.352 e. The molecule has 0 unspecified atom stereocenters. The number of benzene rings is 1. The van der Waals surface area contributed by atoms with Gasteiger partial charge in [0.2, 0.25) is 11.8 Å². The lowest BCUT2D eigenvalue weighted by molar-refractivity contribution is -0.126. The fraction of sp³-hybridized carbons (Fsp3) is 0.400. The number of halogens is 1. The molecule has 0 saturated heterocycles. The monoisotopic (exact) mass is 369 g/mol. The minimum Gasteiger partial charge on any atom is -0.352 e. The first-order valence-electron chi connectivity index (χ1n) is 6.98. The van der Waals surface area contributed by atoms with Crippen LogP contribution in [0.1, 0.15) is 30.6 Å². The Bertz CT molecular complexity index is 529. The molecule has 1 aromatic rings. The normalized spacial score (nSPS) is 10.2. The molecule has 1 rings (SSSR count). The zero-order valence-corrected chi connectivity index (χ0v) is 14.2. The third-order valence-electron chi connectivity index (χ3n) is 2.64. The summed E-state index contributed by atoms with van der Waals surface area (Å²) in [4.78, 5) is 34.7. The van der Waals surface area contributed by atoms with E-state index in [9.17, 15) is 14.4 Å². The molecule has 3 N–H and O–H groups in total. The van der Waals surface area contributed by atoms with E-state index in [0.29, 0.717) is 5.56 Å². The van der Waals surface area contributed by atoms with Crippen LogP contribution in [0.2, 0.25) is 0 Å². The molecule has 0 spiro atoms. The fourth-order valence-corrected chi connectivity index (χ4v) is 1.90. The van der Waals surface area contributed by atoms with Crippen molar-refractivity contribution in [2.45, 2.75) is 26.3 Å². The average molecular weight is 370 g/mol. The molecule has 0 radical (unpaired) electrons. The van der Waals surface area contributed by atoms with Gasteiger partial charge in [0.05, 0.1) is 6.54 Å². The van der Waals surface area contributed by atoms with E-state index in [1.807, 2.05) is 13.8 Å². The summed E-state index contributed by atoms with van der Waals surface area (Å²) < 4.78 is 0.892. The highest BCUT2D eigenvalue weighted by molar-refractivity contribution is 9.10. The molecule has 120 valence electrons. The van der Waals surface area contributed by atoms with Crippen LogP contribution in [-0.2, 0) is 9.59 Å². The van der Waals surface area contributed by atoms with Gasteiger partial charge in [-0.1, -0.05) is 15.9 Å². The van der Waals surface area contributed by atoms with E-state index in [1.54, 1.807) is 24.3 Å². The number of hydrogen-bond acceptors (Lipinski definition) is 3. The molecule has 0 fully saturated rings. The standard InChI is InChI=1S/C15H20BrN3O3/c1-10(2)19-14(21)9-18-13(20)7-8-17-15(22)11-3-5-12(16)6-4-11/h3-6,10H,7-9H2,1-2H3,(H,17,22)(H,18,20)(H,19,21). The molecule has 0 bridgehead atoms. The number of carbonyl (C=O) groups excluding carboxylic acids is 3. The van der Waals surface area contributed by atoms with E-state index in [-0.39, 0.29) is 43.3 Å². The molecule has 0 aliphatic rings. The van der Waals surface area contributed by atoms with Gasteiger partial charge in [-0.05, 0) is 38.1 Å². The van der Waals surface area contributed by atoms with Crippen molar-refractivity contribution in [2.75, 3.05) is 13.1 Å². The maximum Gasteiger partial charge on any atom is 0.251 e. The third-order valence-corrected chi connectivity index (χ3v) is 3.17. The van der Waals surface area contributed by atoms with Gasteiger partial charge in [0.1, 0.15) is 0 Å². The molecule has 3 amide bonds. The van der Waals surface area contributed by atoms with Gasteiger partial charge in [0.15, 0.2) is 0 Å². The van der Waals surface area contributed by atoms with Crippen LogP contribution in [0, 0.1) is 0 Å². The lowest BCUT2D eigenvalue weighted by Gasteiger charge is -2.09. The summed E-state index contributed by atoms with van der Waals surface area (Å²) in [6.07, 6.45) is 0.122. The van der Waals surface area contributed by atoms with Crippen LogP contribution in [0.25, 0.3) is 0 Å². The molecule has 1 aromatic carbocycles. The first-order chi connectivity index (χ1) is 10.4. The van der Waals surface area contributed by atoms with Gasteiger partial charge in [-0.15, -0.1) is 0 Å². The highest BCUT2D eigenvalue weighted by Crippen LogP contribution is 2.10. The highest BCUT2D eigenvalue weighted by atomic mass is 79.9. The van der Waals surface area contributed by atoms with Gasteiger partial charge >= 0.3 is 0 Å². The second kappa shape index (κ2) is 9.19. The Morgan fingerprint density at radius 1 is 1.05 bits per heavy atom. The molecule has 0 heterocycles. The summed E-state index contributed by atoms with van der Waals surface area (Å²) in [5.41, 5.74) is 0.528. The van der Waals surface area contributed by atoms with Crippen LogP contribution >= 0.6 is 15.9 Å². The molecule has 7 heteroatoms. The summed E-state index contributed by atoms with van der Waals surface area (Å²) in [5.74, 6) is -0.755. The first kappa shape index (κ1) is 18.2. The van der Waals surface area contributed by atoms with Crippen LogP contribution in [0.5, 0.6) is 0 Å². The summed E-state index contributed by atoms with van der Waals surface area (Å²) >= 11 is 3.29. The zero-order chi connectivity index (χ0) is 16.5. The number of hydrogen-bond donors (Lipinski definition) is 3. The molecule has 0 aromatic heterocycles. The van der Waals surface area contributed by atoms with Crippen molar-refractivity contribution in [3.05, 3.63) is 34.3 Å². The maximum atomic E-state index is 11.8. The van der Waals surface area contributed by atoms with Gasteiger partial charge < -0.3 is 16.0 Å². The van der Waals surface area contributed by atoms with Gasteiger partial charge in [-0.25, -0.2) is 0 Å². The molecule has 6 nitrogen and oxygen atoms in total. The smallest absolute Gasteiger partial charge is 0.251 e. The van der Waals surface area contributed by atoms with E-state index >= 15 is 0 Å². The van der Waals surface area contributed by atoms with Crippen molar-refractivity contribution in [1.82, 2.24) is 16.0 Å². The second-order valence-electron chi connectivity index (χ2n) is 5.01. The summed E-state index contributed by atoms with van der Waals surface area (Å²) in [7, 11) is 0. The Balaban J connectivity index is 2.23. The maximum absolute atomic E-state index is 11.8. The Morgan fingerprint density at radius 3 is 2.27 bits per heavy atom. The lowest BCUT2D eigenvalue weighted by Crippen LogP contribution is -2.40. The van der Waals surface area contributed by atoms with Gasteiger partial charge in [0.25, 0.3) is 5.91 Å². The predicted molar refractivity (Wildman–Crippen MR) is 87.4 cm³/mol. The van der Waals surface area contributed by atoms with Crippen LogP contribution in [0.4, 0.5) is 0 Å². The van der Waals surface area contributed by atoms with E-state index in [0.717, 1.165) is 4.47 Å². The molecule has 0 aliphatic heterocycles. The number of nitrogens with one attached hydrogen (secondary N) is 3. The Kier molecular flexibility index (Phi) is 7.59. The zero-order valence-electron chi connectivity index (χ0n) is 12.6. The van der Waals surface area contributed by atoms with E-state index in [2.05, 4.69) is 31.9 Å². The Labute approximate surface area is 138 Å². The summed E-state index contributed by atoms with van der Waals surface area (Å²) in [6, 6.07) is 6.96. The molecular formula is C15H20BrN3O3. The van der Waals surface area contributed by atoms with Crippen LogP contribution in [-0.4, -0.2) is 36.9 Å². The Morgan fingerprint density at radius 2 is 1.68 bits per heavy atom. The molecular weight excluding hydrogens is 350 g/mol. The first-order valence-corrected chi connectivity index (χ1v) is 7.77. The van der Waals surface area contributed by atoms with Crippen LogP contribution in [0.3, 0.4) is 0 Å². The van der Waals surface area contributed by atoms with Crippen molar-refractivity contribution in [3.63, 3.8) is 0 Å². The molecule has 0 atom stereocenters. The highest BCUT2D eigenvalue weighted by Gasteiger charge is 2.08. The SMILES string of the molecule is CC(C)NC(=O)CNC(=O)CCNC(=O)c1ccc(Br)cc1. The van der Waals surface area contributed by atoms with Crippen molar-refractivity contribution in [2.24, 2.45) is 0 Å². The number of carbonyl (C=O) groups is 3. The average Bonchev–Trinajstić information content (AvgIpc) is 2.45. The van der Waals surface area contributed by atoms with Crippen LogP contribution in [0.15, 0.2) is 28.7 Å². The lowest BCUT2D eigenvalue weighted by atomic mass is 10.2. The number of rotatable bonds is 7. The fourth-order valence-electron chi connectivity index (χ4n) is 1.63. The molecule has 22 heavy (non-hydrogen) atoms. The van der Waals surface area contributed by atoms with E-state index in [4.69, 9.17) is 0 Å².